The smallest absolute Gasteiger partial charge is 0.266 e. The highest BCUT2D eigenvalue weighted by Gasteiger charge is 2.31. The topological polar surface area (TPSA) is 62.3 Å². The molecule has 0 radical (unpaired) electrons. The highest BCUT2D eigenvalue weighted by molar-refractivity contribution is 8.26. The third kappa shape index (κ3) is 6.87. The maximum atomic E-state index is 12.8. The summed E-state index contributed by atoms with van der Waals surface area (Å²) in [5, 5.41) is 3.47. The number of thiocarbonyl (C=S) groups is 1. The molecule has 1 aromatic heterocycles. The third-order valence-electron chi connectivity index (χ3n) is 5.64. The number of aryl methyl sites for hydroxylation is 2. The van der Waals surface area contributed by atoms with Gasteiger partial charge in [0.15, 0.2) is 5.13 Å². The summed E-state index contributed by atoms with van der Waals surface area (Å²) in [6, 6.07) is 16.6. The number of thiazole rings is 1. The molecule has 0 bridgehead atoms. The van der Waals surface area contributed by atoms with Crippen molar-refractivity contribution in [3.05, 3.63) is 86.8 Å². The summed E-state index contributed by atoms with van der Waals surface area (Å²) < 4.78 is 0.535. The summed E-state index contributed by atoms with van der Waals surface area (Å²) in [4.78, 5) is 32.9. The van der Waals surface area contributed by atoms with Crippen LogP contribution in [0.3, 0.4) is 0 Å². The van der Waals surface area contributed by atoms with Gasteiger partial charge in [-0.05, 0) is 42.5 Å². The molecule has 35 heavy (non-hydrogen) atoms. The van der Waals surface area contributed by atoms with Crippen molar-refractivity contribution in [3.8, 4) is 0 Å². The summed E-state index contributed by atoms with van der Waals surface area (Å²) in [6.45, 7) is 4.60. The average molecular weight is 522 g/mol. The minimum absolute atomic E-state index is 0.0966. The number of carbonyl (C=O) groups is 2. The van der Waals surface area contributed by atoms with E-state index in [9.17, 15) is 9.59 Å². The molecule has 0 spiro atoms. The average Bonchev–Trinajstić information content (AvgIpc) is 3.39. The van der Waals surface area contributed by atoms with Crippen LogP contribution in [0, 0.1) is 6.92 Å². The molecule has 2 heterocycles. The first kappa shape index (κ1) is 25.3. The molecule has 0 aliphatic carbocycles. The first-order valence-corrected chi connectivity index (χ1v) is 13.6. The van der Waals surface area contributed by atoms with Gasteiger partial charge in [0.25, 0.3) is 5.91 Å². The van der Waals surface area contributed by atoms with E-state index < -0.39 is 0 Å². The van der Waals surface area contributed by atoms with Crippen molar-refractivity contribution >= 4 is 62.7 Å². The minimum Gasteiger partial charge on any atom is -0.302 e. The van der Waals surface area contributed by atoms with E-state index in [1.165, 1.54) is 39.8 Å². The van der Waals surface area contributed by atoms with Gasteiger partial charge in [0.05, 0.1) is 4.91 Å². The van der Waals surface area contributed by atoms with E-state index in [-0.39, 0.29) is 11.8 Å². The molecule has 0 atom stereocenters. The molecule has 2 aromatic carbocycles. The van der Waals surface area contributed by atoms with Crippen LogP contribution >= 0.6 is 35.3 Å². The lowest BCUT2D eigenvalue weighted by Crippen LogP contribution is -2.29. The van der Waals surface area contributed by atoms with Crippen molar-refractivity contribution in [1.29, 1.82) is 0 Å². The minimum atomic E-state index is -0.113. The van der Waals surface area contributed by atoms with Gasteiger partial charge in [-0.15, -0.1) is 11.3 Å². The molecule has 0 saturated carbocycles. The van der Waals surface area contributed by atoms with Gasteiger partial charge in [0.2, 0.25) is 5.91 Å². The van der Waals surface area contributed by atoms with Crippen LogP contribution in [0.25, 0.3) is 6.08 Å². The normalized spacial score (nSPS) is 14.7. The maximum Gasteiger partial charge on any atom is 0.266 e. The fourth-order valence-electron chi connectivity index (χ4n) is 3.63. The van der Waals surface area contributed by atoms with Crippen molar-refractivity contribution in [2.45, 2.75) is 39.5 Å². The van der Waals surface area contributed by atoms with Crippen LogP contribution in [0.5, 0.6) is 0 Å². The maximum absolute atomic E-state index is 12.8. The number of anilines is 1. The van der Waals surface area contributed by atoms with Gasteiger partial charge in [-0.3, -0.25) is 14.5 Å². The second-order valence-corrected chi connectivity index (χ2v) is 11.2. The highest BCUT2D eigenvalue weighted by atomic mass is 32.2. The fraction of sp³-hybridized carbons (Fsp3) is 0.259. The molecular weight excluding hydrogens is 495 g/mol. The zero-order chi connectivity index (χ0) is 24.8. The third-order valence-corrected chi connectivity index (χ3v) is 7.93. The predicted molar refractivity (Wildman–Crippen MR) is 150 cm³/mol. The van der Waals surface area contributed by atoms with E-state index >= 15 is 0 Å². The van der Waals surface area contributed by atoms with Crippen LogP contribution in [-0.4, -0.2) is 32.6 Å². The molecule has 0 unspecified atom stereocenters. The SMILES string of the molecule is CCc1ccc(/C=C2\SC(=S)N(CCCC(=O)Nc3ncc(Cc4ccc(C)cc4)s3)C2=O)cc1. The van der Waals surface area contributed by atoms with E-state index in [2.05, 4.69) is 60.5 Å². The lowest BCUT2D eigenvalue weighted by atomic mass is 10.1. The van der Waals surface area contributed by atoms with E-state index in [1.54, 1.807) is 4.90 Å². The fourth-order valence-corrected chi connectivity index (χ4v) is 5.80. The molecular formula is C27H27N3O2S3. The molecule has 5 nitrogen and oxygen atoms in total. The van der Waals surface area contributed by atoms with Gasteiger partial charge in [-0.25, -0.2) is 4.98 Å². The van der Waals surface area contributed by atoms with Crippen molar-refractivity contribution in [1.82, 2.24) is 9.88 Å². The molecule has 2 amide bonds. The van der Waals surface area contributed by atoms with Crippen LogP contribution in [-0.2, 0) is 22.4 Å². The summed E-state index contributed by atoms with van der Waals surface area (Å²) in [5.41, 5.74) is 4.68. The van der Waals surface area contributed by atoms with Crippen molar-refractivity contribution in [3.63, 3.8) is 0 Å². The Morgan fingerprint density at radius 1 is 1.11 bits per heavy atom. The van der Waals surface area contributed by atoms with Crippen LogP contribution < -0.4 is 5.32 Å². The van der Waals surface area contributed by atoms with Gasteiger partial charge < -0.3 is 5.32 Å². The summed E-state index contributed by atoms with van der Waals surface area (Å²) in [7, 11) is 0. The number of aromatic nitrogens is 1. The van der Waals surface area contributed by atoms with Gasteiger partial charge in [-0.1, -0.05) is 85.0 Å². The van der Waals surface area contributed by atoms with Crippen LogP contribution in [0.2, 0.25) is 0 Å². The number of nitrogens with zero attached hydrogens (tertiary/aromatic N) is 2. The highest BCUT2D eigenvalue weighted by Crippen LogP contribution is 2.32. The Balaban J connectivity index is 1.25. The number of thioether (sulfide) groups is 1. The molecule has 1 aliphatic rings. The molecule has 4 rings (SSSR count). The summed E-state index contributed by atoms with van der Waals surface area (Å²) >= 11 is 8.21. The van der Waals surface area contributed by atoms with Crippen molar-refractivity contribution in [2.24, 2.45) is 0 Å². The Labute approximate surface area is 219 Å². The second kappa shape index (κ2) is 11.7. The second-order valence-electron chi connectivity index (χ2n) is 8.37. The summed E-state index contributed by atoms with van der Waals surface area (Å²) in [5.74, 6) is -0.209. The molecule has 1 saturated heterocycles. The van der Waals surface area contributed by atoms with Gasteiger partial charge >= 0.3 is 0 Å². The van der Waals surface area contributed by atoms with E-state index in [0.29, 0.717) is 33.7 Å². The first-order valence-electron chi connectivity index (χ1n) is 11.6. The van der Waals surface area contributed by atoms with Crippen molar-refractivity contribution < 1.29 is 9.59 Å². The lowest BCUT2D eigenvalue weighted by molar-refractivity contribution is -0.122. The predicted octanol–water partition coefficient (Wildman–Crippen LogP) is 6.22. The molecule has 180 valence electrons. The molecule has 1 aliphatic heterocycles. The summed E-state index contributed by atoms with van der Waals surface area (Å²) in [6.07, 6.45) is 6.27. The number of carbonyl (C=O) groups excluding carboxylic acids is 2. The molecule has 3 aromatic rings. The number of nitrogens with one attached hydrogen (secondary N) is 1. The van der Waals surface area contributed by atoms with Gasteiger partial charge in [0.1, 0.15) is 4.32 Å². The van der Waals surface area contributed by atoms with Gasteiger partial charge in [0, 0.05) is 30.5 Å². The Bertz CT molecular complexity index is 1250. The van der Waals surface area contributed by atoms with Crippen LogP contribution in [0.1, 0.15) is 46.9 Å². The Kier molecular flexibility index (Phi) is 8.49. The largest absolute Gasteiger partial charge is 0.302 e. The van der Waals surface area contributed by atoms with Crippen LogP contribution in [0.15, 0.2) is 59.6 Å². The van der Waals surface area contributed by atoms with Crippen LogP contribution in [0.4, 0.5) is 5.13 Å². The van der Waals surface area contributed by atoms with Gasteiger partial charge in [-0.2, -0.15) is 0 Å². The number of hydrogen-bond donors (Lipinski definition) is 1. The zero-order valence-electron chi connectivity index (χ0n) is 19.7. The molecule has 1 fully saturated rings. The Morgan fingerprint density at radius 3 is 2.54 bits per heavy atom. The Hall–Kier alpha value is -2.81. The molecule has 1 N–H and O–H groups in total. The Morgan fingerprint density at radius 2 is 1.83 bits per heavy atom. The standard InChI is InChI=1S/C27H27N3O2S3/c1-3-19-10-12-21(13-11-19)16-23-25(32)30(27(33)35-23)14-4-5-24(31)29-26-28-17-22(34-26)15-20-8-6-18(2)7-9-20/h6-13,16-17H,3-5,14-15H2,1-2H3,(H,28,29,31)/b23-16-. The first-order chi connectivity index (χ1) is 16.9. The lowest BCUT2D eigenvalue weighted by Gasteiger charge is -2.13. The van der Waals surface area contributed by atoms with E-state index in [4.69, 9.17) is 12.2 Å². The number of rotatable bonds is 9. The van der Waals surface area contributed by atoms with E-state index in [0.717, 1.165) is 23.3 Å². The number of benzene rings is 2. The zero-order valence-corrected chi connectivity index (χ0v) is 22.2. The monoisotopic (exact) mass is 521 g/mol. The molecule has 8 heteroatoms. The quantitative estimate of drug-likeness (QED) is 0.267. The van der Waals surface area contributed by atoms with Crippen molar-refractivity contribution in [2.75, 3.05) is 11.9 Å². The number of hydrogen-bond acceptors (Lipinski definition) is 6. The number of amides is 2. The van der Waals surface area contributed by atoms with E-state index in [1.807, 2.05) is 24.4 Å².